The van der Waals surface area contributed by atoms with Crippen molar-refractivity contribution in [3.8, 4) is 0 Å². The van der Waals surface area contributed by atoms with Crippen molar-refractivity contribution in [2.24, 2.45) is 5.92 Å². The molecule has 0 aliphatic heterocycles. The summed E-state index contributed by atoms with van der Waals surface area (Å²) in [6.07, 6.45) is 2.33. The highest BCUT2D eigenvalue weighted by molar-refractivity contribution is 5.86. The summed E-state index contributed by atoms with van der Waals surface area (Å²) in [6, 6.07) is 0.415. The maximum Gasteiger partial charge on any atom is 0.331 e. The fraction of sp³-hybridized carbons (Fsp3) is 0.727. The SMILES string of the molecule is CCC(=CCNC(C)C(C)C)C(=O)O. The van der Waals surface area contributed by atoms with Gasteiger partial charge in [-0.1, -0.05) is 26.8 Å². The number of nitrogens with one attached hydrogen (secondary N) is 1. The van der Waals surface area contributed by atoms with Gasteiger partial charge in [0, 0.05) is 18.2 Å². The molecule has 0 spiro atoms. The minimum atomic E-state index is -0.813. The van der Waals surface area contributed by atoms with Crippen LogP contribution in [-0.4, -0.2) is 23.7 Å². The molecule has 0 heterocycles. The summed E-state index contributed by atoms with van der Waals surface area (Å²) in [5.74, 6) is -0.246. The highest BCUT2D eigenvalue weighted by atomic mass is 16.4. The van der Waals surface area contributed by atoms with E-state index in [4.69, 9.17) is 5.11 Å². The third kappa shape index (κ3) is 5.02. The Morgan fingerprint density at radius 2 is 2.00 bits per heavy atom. The van der Waals surface area contributed by atoms with Crippen molar-refractivity contribution < 1.29 is 9.90 Å². The molecule has 0 aromatic rings. The van der Waals surface area contributed by atoms with Gasteiger partial charge < -0.3 is 10.4 Å². The van der Waals surface area contributed by atoms with Gasteiger partial charge in [0.1, 0.15) is 0 Å². The highest BCUT2D eigenvalue weighted by Crippen LogP contribution is 2.01. The summed E-state index contributed by atoms with van der Waals surface area (Å²) in [6.45, 7) is 8.87. The molecule has 0 amide bonds. The standard InChI is InChI=1S/C11H21NO2/c1-5-10(11(13)14)6-7-12-9(4)8(2)3/h6,8-9,12H,5,7H2,1-4H3,(H,13,14). The summed E-state index contributed by atoms with van der Waals surface area (Å²) in [5.41, 5.74) is 0.480. The minimum absolute atomic E-state index is 0.415. The lowest BCUT2D eigenvalue weighted by atomic mass is 10.1. The normalized spacial score (nSPS) is 14.5. The van der Waals surface area contributed by atoms with E-state index in [1.165, 1.54) is 0 Å². The Balaban J connectivity index is 3.96. The number of carboxylic acids is 1. The zero-order chi connectivity index (χ0) is 11.1. The molecular weight excluding hydrogens is 178 g/mol. The van der Waals surface area contributed by atoms with Gasteiger partial charge in [0.05, 0.1) is 0 Å². The fourth-order valence-electron chi connectivity index (χ4n) is 0.987. The molecule has 0 bridgehead atoms. The largest absolute Gasteiger partial charge is 0.478 e. The lowest BCUT2D eigenvalue weighted by Crippen LogP contribution is -2.31. The molecule has 2 N–H and O–H groups in total. The van der Waals surface area contributed by atoms with E-state index in [2.05, 4.69) is 26.1 Å². The molecule has 0 aliphatic rings. The Morgan fingerprint density at radius 3 is 2.36 bits per heavy atom. The van der Waals surface area contributed by atoms with Crippen molar-refractivity contribution in [1.82, 2.24) is 5.32 Å². The van der Waals surface area contributed by atoms with Crippen LogP contribution in [0.4, 0.5) is 0 Å². The summed E-state index contributed by atoms with van der Waals surface area (Å²) in [5, 5.41) is 12.0. The van der Waals surface area contributed by atoms with Gasteiger partial charge in [-0.2, -0.15) is 0 Å². The monoisotopic (exact) mass is 199 g/mol. The van der Waals surface area contributed by atoms with E-state index < -0.39 is 5.97 Å². The van der Waals surface area contributed by atoms with Crippen LogP contribution in [0, 0.1) is 5.92 Å². The van der Waals surface area contributed by atoms with Crippen molar-refractivity contribution >= 4 is 5.97 Å². The van der Waals surface area contributed by atoms with Gasteiger partial charge in [-0.3, -0.25) is 0 Å². The highest BCUT2D eigenvalue weighted by Gasteiger charge is 2.06. The average molecular weight is 199 g/mol. The number of hydrogen-bond acceptors (Lipinski definition) is 2. The Kier molecular flexibility index (Phi) is 6.21. The topological polar surface area (TPSA) is 49.3 Å². The molecule has 0 aromatic carbocycles. The summed E-state index contributed by atoms with van der Waals surface area (Å²) < 4.78 is 0. The second-order valence-corrected chi connectivity index (χ2v) is 3.83. The molecule has 3 nitrogen and oxygen atoms in total. The molecule has 0 rings (SSSR count). The first-order valence-corrected chi connectivity index (χ1v) is 5.14. The van der Waals surface area contributed by atoms with Gasteiger partial charge >= 0.3 is 5.97 Å². The molecule has 0 fully saturated rings. The van der Waals surface area contributed by atoms with E-state index in [0.29, 0.717) is 30.5 Å². The van der Waals surface area contributed by atoms with Gasteiger partial charge in [0.25, 0.3) is 0 Å². The number of carbonyl (C=O) groups is 1. The Hall–Kier alpha value is -0.830. The van der Waals surface area contributed by atoms with E-state index in [1.807, 2.05) is 6.92 Å². The van der Waals surface area contributed by atoms with Gasteiger partial charge in [-0.15, -0.1) is 0 Å². The molecule has 0 aromatic heterocycles. The zero-order valence-electron chi connectivity index (χ0n) is 9.50. The van der Waals surface area contributed by atoms with Crippen LogP contribution in [0.1, 0.15) is 34.1 Å². The number of hydrogen-bond donors (Lipinski definition) is 2. The summed E-state index contributed by atoms with van der Waals surface area (Å²) in [7, 11) is 0. The maximum atomic E-state index is 10.6. The van der Waals surface area contributed by atoms with E-state index >= 15 is 0 Å². The quantitative estimate of drug-likeness (QED) is 0.644. The van der Waals surface area contributed by atoms with Crippen molar-refractivity contribution in [2.75, 3.05) is 6.54 Å². The van der Waals surface area contributed by atoms with Crippen LogP contribution < -0.4 is 5.32 Å². The van der Waals surface area contributed by atoms with E-state index in [-0.39, 0.29) is 0 Å². The molecule has 0 aliphatic carbocycles. The molecule has 0 radical (unpaired) electrons. The van der Waals surface area contributed by atoms with Crippen molar-refractivity contribution in [1.29, 1.82) is 0 Å². The maximum absolute atomic E-state index is 10.6. The lowest BCUT2D eigenvalue weighted by Gasteiger charge is -2.16. The van der Waals surface area contributed by atoms with E-state index in [1.54, 1.807) is 6.08 Å². The first-order valence-electron chi connectivity index (χ1n) is 5.14. The van der Waals surface area contributed by atoms with E-state index in [9.17, 15) is 4.79 Å². The second kappa shape index (κ2) is 6.60. The van der Waals surface area contributed by atoms with Gasteiger partial charge in [0.2, 0.25) is 0 Å². The van der Waals surface area contributed by atoms with Gasteiger partial charge in [0.15, 0.2) is 0 Å². The minimum Gasteiger partial charge on any atom is -0.478 e. The lowest BCUT2D eigenvalue weighted by molar-refractivity contribution is -0.132. The predicted molar refractivity (Wildman–Crippen MR) is 58.3 cm³/mol. The molecule has 3 heteroatoms. The third-order valence-corrected chi connectivity index (χ3v) is 2.44. The molecule has 0 saturated carbocycles. The van der Waals surface area contributed by atoms with Crippen LogP contribution in [-0.2, 0) is 4.79 Å². The fourth-order valence-corrected chi connectivity index (χ4v) is 0.987. The van der Waals surface area contributed by atoms with Crippen LogP contribution in [0.15, 0.2) is 11.6 Å². The molecule has 1 atom stereocenters. The Labute approximate surface area is 86.2 Å². The first-order chi connectivity index (χ1) is 6.49. The van der Waals surface area contributed by atoms with E-state index in [0.717, 1.165) is 0 Å². The Bertz CT molecular complexity index is 209. The van der Waals surface area contributed by atoms with Crippen LogP contribution in [0.5, 0.6) is 0 Å². The molecule has 82 valence electrons. The van der Waals surface area contributed by atoms with Crippen molar-refractivity contribution in [3.63, 3.8) is 0 Å². The predicted octanol–water partition coefficient (Wildman–Crippen LogP) is 2.04. The molecule has 14 heavy (non-hydrogen) atoms. The Morgan fingerprint density at radius 1 is 1.43 bits per heavy atom. The van der Waals surface area contributed by atoms with Crippen LogP contribution >= 0.6 is 0 Å². The van der Waals surface area contributed by atoms with Crippen LogP contribution in [0.3, 0.4) is 0 Å². The zero-order valence-corrected chi connectivity index (χ0v) is 9.50. The molecule has 0 saturated heterocycles. The molecular formula is C11H21NO2. The van der Waals surface area contributed by atoms with Gasteiger partial charge in [-0.25, -0.2) is 4.79 Å². The average Bonchev–Trinajstić information content (AvgIpc) is 2.11. The smallest absolute Gasteiger partial charge is 0.331 e. The number of rotatable bonds is 6. The number of aliphatic carboxylic acids is 1. The van der Waals surface area contributed by atoms with Gasteiger partial charge in [-0.05, 0) is 19.3 Å². The first kappa shape index (κ1) is 13.2. The van der Waals surface area contributed by atoms with Crippen molar-refractivity contribution in [3.05, 3.63) is 11.6 Å². The molecule has 1 unspecified atom stereocenters. The second-order valence-electron chi connectivity index (χ2n) is 3.83. The number of carboxylic acid groups (broad SMARTS) is 1. The van der Waals surface area contributed by atoms with Crippen LogP contribution in [0.25, 0.3) is 0 Å². The summed E-state index contributed by atoms with van der Waals surface area (Å²) >= 11 is 0. The van der Waals surface area contributed by atoms with Crippen LogP contribution in [0.2, 0.25) is 0 Å². The summed E-state index contributed by atoms with van der Waals surface area (Å²) in [4.78, 5) is 10.6. The third-order valence-electron chi connectivity index (χ3n) is 2.44. The van der Waals surface area contributed by atoms with Crippen molar-refractivity contribution in [2.45, 2.75) is 40.2 Å².